The van der Waals surface area contributed by atoms with Crippen LogP contribution in [0.3, 0.4) is 0 Å². The molecule has 5 rings (SSSR count). The van der Waals surface area contributed by atoms with E-state index in [4.69, 9.17) is 4.74 Å². The summed E-state index contributed by atoms with van der Waals surface area (Å²) in [7, 11) is 10.1. The number of nitrogens with one attached hydrogen (secondary N) is 2. The third-order valence-electron chi connectivity index (χ3n) is 9.46. The Bertz CT molecular complexity index is 1560. The molecule has 1 aromatic rings. The molecule has 4 aliphatic rings. The van der Waals surface area contributed by atoms with E-state index in [0.717, 1.165) is 0 Å². The van der Waals surface area contributed by atoms with Gasteiger partial charge >= 0.3 is 0 Å². The molecule has 6 N–H and O–H groups in total. The molecule has 0 spiro atoms. The number of aromatic hydroxyl groups is 1. The molecule has 15 heteroatoms. The van der Waals surface area contributed by atoms with Gasteiger partial charge in [0.1, 0.15) is 22.8 Å². The van der Waals surface area contributed by atoms with Gasteiger partial charge in [-0.2, -0.15) is 0 Å². The van der Waals surface area contributed by atoms with E-state index in [2.05, 4.69) is 10.6 Å². The van der Waals surface area contributed by atoms with Gasteiger partial charge < -0.3 is 45.6 Å². The van der Waals surface area contributed by atoms with Gasteiger partial charge in [-0.3, -0.25) is 29.0 Å². The smallest absolute Gasteiger partial charge is 0.259 e. The fourth-order valence-electron chi connectivity index (χ4n) is 7.28. The minimum atomic E-state index is -2.72. The van der Waals surface area contributed by atoms with E-state index < -0.39 is 69.7 Å². The number of ether oxygens (including phenoxy) is 1. The minimum Gasteiger partial charge on any atom is -0.508 e. The molecule has 47 heavy (non-hydrogen) atoms. The number of phenols is 1. The lowest BCUT2D eigenvalue weighted by Crippen LogP contribution is -2.66. The molecule has 1 heterocycles. The molecular formula is C32H44N6O9. The number of anilines is 2. The van der Waals surface area contributed by atoms with E-state index in [1.165, 1.54) is 4.90 Å². The first-order valence-corrected chi connectivity index (χ1v) is 15.5. The highest BCUT2D eigenvalue weighted by molar-refractivity contribution is 6.25. The number of fused-ring (bicyclic) bond motifs is 3. The molecule has 1 saturated carbocycles. The van der Waals surface area contributed by atoms with Crippen molar-refractivity contribution in [3.8, 4) is 5.75 Å². The Morgan fingerprint density at radius 1 is 1.06 bits per heavy atom. The van der Waals surface area contributed by atoms with Gasteiger partial charge in [0.15, 0.2) is 11.4 Å². The Morgan fingerprint density at radius 3 is 2.32 bits per heavy atom. The number of aliphatic hydroxyl groups is 3. The van der Waals surface area contributed by atoms with E-state index in [1.807, 2.05) is 4.90 Å². The first-order chi connectivity index (χ1) is 22.1. The Morgan fingerprint density at radius 2 is 1.72 bits per heavy atom. The fourth-order valence-corrected chi connectivity index (χ4v) is 7.28. The number of hydrogen-bond donors (Lipinski definition) is 6. The molecule has 0 radical (unpaired) electrons. The molecule has 1 saturated heterocycles. The standard InChI is InChI=1S/C32H44N6O9/c1-35(2)14-21(39)34-19-13-20(36(3)4)17-11-16-12-18-25(37(5)6)28(42)24(31(45)33-15-38-7-9-47-10-8-38)30(44)32(18,46)29(43)22(16)27(41)23(17)26(19)40/h13,16,18,25,40-41,44,46H,7-12,14-15H2,1-6H3,(H,33,45)(H,34,39)/t16?,18?,25-,32?/m0/s1. The maximum absolute atomic E-state index is 14.4. The van der Waals surface area contributed by atoms with Gasteiger partial charge in [0.2, 0.25) is 11.7 Å². The Balaban J connectivity index is 1.61. The predicted octanol–water partition coefficient (Wildman–Crippen LogP) is -0.549. The van der Waals surface area contributed by atoms with Crippen molar-refractivity contribution in [2.24, 2.45) is 11.8 Å². The van der Waals surface area contributed by atoms with Crippen molar-refractivity contribution >= 4 is 40.5 Å². The minimum absolute atomic E-state index is 0.00263. The summed E-state index contributed by atoms with van der Waals surface area (Å²) in [6.45, 7) is 2.11. The molecule has 3 unspecified atom stereocenters. The van der Waals surface area contributed by atoms with Crippen molar-refractivity contribution < 1.29 is 44.3 Å². The summed E-state index contributed by atoms with van der Waals surface area (Å²) >= 11 is 0. The zero-order valence-electron chi connectivity index (χ0n) is 27.6. The summed E-state index contributed by atoms with van der Waals surface area (Å²) < 4.78 is 5.32. The predicted molar refractivity (Wildman–Crippen MR) is 172 cm³/mol. The van der Waals surface area contributed by atoms with Crippen LogP contribution in [-0.4, -0.2) is 152 Å². The summed E-state index contributed by atoms with van der Waals surface area (Å²) in [5, 5.41) is 52.0. The number of Topliss-reactive ketones (excluding diaryl/α,β-unsaturated/α-hetero) is 2. The van der Waals surface area contributed by atoms with Crippen molar-refractivity contribution in [3.05, 3.63) is 34.1 Å². The van der Waals surface area contributed by atoms with Crippen molar-refractivity contribution in [2.45, 2.75) is 24.5 Å². The number of likely N-dealkylation sites (N-methyl/N-ethyl adjacent to an activating group) is 2. The number of rotatable bonds is 8. The van der Waals surface area contributed by atoms with Gasteiger partial charge in [0, 0.05) is 44.4 Å². The van der Waals surface area contributed by atoms with Gasteiger partial charge in [-0.25, -0.2) is 0 Å². The number of aliphatic hydroxyl groups excluding tert-OH is 2. The van der Waals surface area contributed by atoms with Crippen molar-refractivity contribution in [3.63, 3.8) is 0 Å². The molecule has 4 atom stereocenters. The highest BCUT2D eigenvalue weighted by Gasteiger charge is 2.64. The summed E-state index contributed by atoms with van der Waals surface area (Å²) in [5.41, 5.74) is -2.66. The number of carbonyl (C=O) groups is 4. The SMILES string of the molecule is CN(C)CC(=O)Nc1cc(N(C)C)c2c(c1O)C(O)=C1C(=O)C3(O)C(O)=C(C(=O)NCN4CCOCC4)C(=O)[C@@H](N(C)C)C3CC1C2. The van der Waals surface area contributed by atoms with Crippen LogP contribution < -0.4 is 15.5 Å². The third-order valence-corrected chi connectivity index (χ3v) is 9.46. The van der Waals surface area contributed by atoms with Gasteiger partial charge in [-0.1, -0.05) is 0 Å². The zero-order valence-corrected chi connectivity index (χ0v) is 27.6. The number of benzene rings is 1. The molecule has 2 fully saturated rings. The second-order valence-electron chi connectivity index (χ2n) is 13.3. The Kier molecular flexibility index (Phi) is 9.41. The number of carbonyl (C=O) groups excluding carboxylic acids is 4. The topological polar surface area (TPSA) is 195 Å². The van der Waals surface area contributed by atoms with E-state index in [9.17, 15) is 39.6 Å². The number of amides is 2. The number of ketones is 2. The summed E-state index contributed by atoms with van der Waals surface area (Å²) in [4.78, 5) is 61.1. The lowest BCUT2D eigenvalue weighted by Gasteiger charge is -2.50. The van der Waals surface area contributed by atoms with E-state index >= 15 is 0 Å². The van der Waals surface area contributed by atoms with Gasteiger partial charge in [0.05, 0.1) is 43.7 Å². The van der Waals surface area contributed by atoms with Crippen molar-refractivity contribution in [2.75, 3.05) is 92.0 Å². The average Bonchev–Trinajstić information content (AvgIpc) is 2.99. The lowest BCUT2D eigenvalue weighted by molar-refractivity contribution is -0.154. The normalized spacial score (nSPS) is 26.3. The molecule has 0 bridgehead atoms. The van der Waals surface area contributed by atoms with Crippen LogP contribution >= 0.6 is 0 Å². The van der Waals surface area contributed by atoms with E-state index in [1.54, 1.807) is 58.2 Å². The number of hydrogen-bond acceptors (Lipinski definition) is 13. The van der Waals surface area contributed by atoms with Crippen LogP contribution in [0.25, 0.3) is 5.76 Å². The monoisotopic (exact) mass is 656 g/mol. The molecule has 1 aliphatic heterocycles. The third kappa shape index (κ3) is 5.86. The fraction of sp³-hybridized carbons (Fsp3) is 0.562. The maximum atomic E-state index is 14.4. The number of nitrogens with zero attached hydrogens (tertiary/aromatic N) is 4. The first kappa shape index (κ1) is 34.3. The molecule has 3 aliphatic carbocycles. The van der Waals surface area contributed by atoms with Crippen LogP contribution in [0.5, 0.6) is 5.75 Å². The van der Waals surface area contributed by atoms with Crippen LogP contribution in [0.2, 0.25) is 0 Å². The molecule has 2 amide bonds. The number of morpholine rings is 1. The molecule has 0 aromatic heterocycles. The Hall–Kier alpha value is -4.02. The lowest BCUT2D eigenvalue weighted by atomic mass is 9.57. The second kappa shape index (κ2) is 12.9. The summed E-state index contributed by atoms with van der Waals surface area (Å²) in [6, 6.07) is 0.439. The number of phenolic OH excluding ortho intramolecular Hbond substituents is 1. The molecule has 15 nitrogen and oxygen atoms in total. The van der Waals surface area contributed by atoms with E-state index in [-0.39, 0.29) is 42.9 Å². The van der Waals surface area contributed by atoms with Crippen LogP contribution in [0.15, 0.2) is 23.0 Å². The van der Waals surface area contributed by atoms with Crippen LogP contribution in [0.1, 0.15) is 17.5 Å². The average molecular weight is 657 g/mol. The van der Waals surface area contributed by atoms with Crippen LogP contribution in [0.4, 0.5) is 11.4 Å². The van der Waals surface area contributed by atoms with E-state index in [0.29, 0.717) is 37.6 Å². The second-order valence-corrected chi connectivity index (χ2v) is 13.3. The van der Waals surface area contributed by atoms with Gasteiger partial charge in [-0.15, -0.1) is 0 Å². The van der Waals surface area contributed by atoms with Crippen molar-refractivity contribution in [1.29, 1.82) is 0 Å². The highest BCUT2D eigenvalue weighted by Crippen LogP contribution is 2.54. The quantitative estimate of drug-likeness (QED) is 0.154. The molecule has 256 valence electrons. The molecule has 1 aromatic carbocycles. The largest absolute Gasteiger partial charge is 0.508 e. The Labute approximate surface area is 273 Å². The van der Waals surface area contributed by atoms with Gasteiger partial charge in [-0.05, 0) is 58.6 Å². The van der Waals surface area contributed by atoms with Gasteiger partial charge in [0.25, 0.3) is 5.91 Å². The van der Waals surface area contributed by atoms with Crippen molar-refractivity contribution in [1.82, 2.24) is 20.0 Å². The first-order valence-electron chi connectivity index (χ1n) is 15.5. The highest BCUT2D eigenvalue weighted by atomic mass is 16.5. The molecular weight excluding hydrogens is 612 g/mol. The maximum Gasteiger partial charge on any atom is 0.259 e. The van der Waals surface area contributed by atoms with Crippen LogP contribution in [-0.2, 0) is 30.3 Å². The summed E-state index contributed by atoms with van der Waals surface area (Å²) in [6.07, 6.45) is 0.142. The van der Waals surface area contributed by atoms with Crippen LogP contribution in [0, 0.1) is 11.8 Å². The summed E-state index contributed by atoms with van der Waals surface area (Å²) in [5.74, 6) is -7.15. The zero-order chi connectivity index (χ0) is 34.5.